The molecule has 1 aromatic rings. The molecule has 1 aliphatic carbocycles. The Morgan fingerprint density at radius 1 is 1.37 bits per heavy atom. The van der Waals surface area contributed by atoms with Gasteiger partial charge in [0.25, 0.3) is 0 Å². The number of amides is 3. The lowest BCUT2D eigenvalue weighted by Gasteiger charge is -2.49. The molecule has 0 unspecified atom stereocenters. The molecule has 0 radical (unpaired) electrons. The number of ether oxygens (including phenoxy) is 2. The van der Waals surface area contributed by atoms with Gasteiger partial charge in [0.2, 0.25) is 5.91 Å². The number of hydrogen-bond acceptors (Lipinski definition) is 6. The summed E-state index contributed by atoms with van der Waals surface area (Å²) in [6.45, 7) is 4.52. The molecule has 1 aromatic heterocycles. The molecule has 0 bridgehead atoms. The monoisotopic (exact) mass is 416 g/mol. The number of carbonyl (C=O) groups is 2. The number of fused-ring (bicyclic) bond motifs is 1. The van der Waals surface area contributed by atoms with Crippen molar-refractivity contribution >= 4 is 11.9 Å². The van der Waals surface area contributed by atoms with Crippen molar-refractivity contribution in [3.05, 3.63) is 30.1 Å². The first-order valence-electron chi connectivity index (χ1n) is 11.0. The molecule has 3 atom stereocenters. The van der Waals surface area contributed by atoms with Crippen LogP contribution in [0.5, 0.6) is 0 Å². The van der Waals surface area contributed by atoms with E-state index in [2.05, 4.69) is 22.2 Å². The highest BCUT2D eigenvalue weighted by Gasteiger charge is 2.49. The minimum atomic E-state index is -0.460. The van der Waals surface area contributed by atoms with Crippen molar-refractivity contribution in [2.24, 2.45) is 11.8 Å². The van der Waals surface area contributed by atoms with Gasteiger partial charge in [0.05, 0.1) is 19.1 Å². The van der Waals surface area contributed by atoms with Crippen molar-refractivity contribution in [1.82, 2.24) is 20.1 Å². The van der Waals surface area contributed by atoms with Gasteiger partial charge in [-0.3, -0.25) is 14.7 Å². The average Bonchev–Trinajstić information content (AvgIpc) is 3.20. The van der Waals surface area contributed by atoms with Crippen LogP contribution in [0.1, 0.15) is 38.2 Å². The fourth-order valence-corrected chi connectivity index (χ4v) is 5.32. The number of imide groups is 1. The Labute approximate surface area is 177 Å². The molecule has 1 spiro atoms. The number of carbonyl (C=O) groups excluding carboxylic acids is 2. The predicted molar refractivity (Wildman–Crippen MR) is 110 cm³/mol. The van der Waals surface area contributed by atoms with Crippen LogP contribution in [0, 0.1) is 11.8 Å². The van der Waals surface area contributed by atoms with Gasteiger partial charge in [0.1, 0.15) is 0 Å². The summed E-state index contributed by atoms with van der Waals surface area (Å²) in [5.74, 6) is -0.420. The average molecular weight is 417 g/mol. The fourth-order valence-electron chi connectivity index (χ4n) is 5.32. The second-order valence-corrected chi connectivity index (χ2v) is 8.65. The van der Waals surface area contributed by atoms with Crippen LogP contribution in [-0.4, -0.2) is 71.9 Å². The summed E-state index contributed by atoms with van der Waals surface area (Å²) in [6.07, 6.45) is 6.93. The molecule has 8 nitrogen and oxygen atoms in total. The molecule has 2 saturated heterocycles. The van der Waals surface area contributed by atoms with E-state index in [1.165, 1.54) is 4.90 Å². The van der Waals surface area contributed by atoms with Crippen LogP contribution in [0.3, 0.4) is 0 Å². The maximum absolute atomic E-state index is 13.3. The summed E-state index contributed by atoms with van der Waals surface area (Å²) >= 11 is 0. The van der Waals surface area contributed by atoms with Crippen LogP contribution in [0.25, 0.3) is 0 Å². The van der Waals surface area contributed by atoms with Gasteiger partial charge in [-0.2, -0.15) is 0 Å². The van der Waals surface area contributed by atoms with Crippen molar-refractivity contribution in [2.45, 2.75) is 51.0 Å². The zero-order valence-electron chi connectivity index (χ0n) is 17.9. The van der Waals surface area contributed by atoms with Gasteiger partial charge in [-0.15, -0.1) is 0 Å². The molecule has 3 amide bonds. The first-order valence-corrected chi connectivity index (χ1v) is 11.0. The first kappa shape index (κ1) is 21.2. The molecular formula is C22H32N4O4. The predicted octanol–water partition coefficient (Wildman–Crippen LogP) is 2.00. The molecule has 4 rings (SSSR count). The van der Waals surface area contributed by atoms with Gasteiger partial charge >= 0.3 is 6.03 Å². The molecule has 1 saturated carbocycles. The van der Waals surface area contributed by atoms with E-state index in [0.29, 0.717) is 44.8 Å². The Kier molecular flexibility index (Phi) is 6.36. The van der Waals surface area contributed by atoms with Gasteiger partial charge in [-0.05, 0) is 44.4 Å². The molecule has 3 heterocycles. The van der Waals surface area contributed by atoms with E-state index in [4.69, 9.17) is 9.47 Å². The number of aromatic nitrogens is 1. The number of likely N-dealkylation sites (tertiary alicyclic amines) is 1. The third-order valence-corrected chi connectivity index (χ3v) is 6.76. The number of piperidine rings is 1. The van der Waals surface area contributed by atoms with Crippen LogP contribution < -0.4 is 5.32 Å². The molecule has 3 fully saturated rings. The normalized spacial score (nSPS) is 28.1. The van der Waals surface area contributed by atoms with E-state index in [1.54, 1.807) is 12.4 Å². The minimum Gasteiger partial charge on any atom is -0.348 e. The van der Waals surface area contributed by atoms with Crippen molar-refractivity contribution < 1.29 is 19.1 Å². The Hall–Kier alpha value is -2.03. The van der Waals surface area contributed by atoms with Gasteiger partial charge in [-0.1, -0.05) is 6.07 Å². The summed E-state index contributed by atoms with van der Waals surface area (Å²) < 4.78 is 11.9. The Morgan fingerprint density at radius 2 is 2.17 bits per heavy atom. The van der Waals surface area contributed by atoms with E-state index in [9.17, 15) is 9.59 Å². The smallest absolute Gasteiger partial charge is 0.324 e. The van der Waals surface area contributed by atoms with Crippen molar-refractivity contribution in [3.8, 4) is 0 Å². The molecule has 164 valence electrons. The summed E-state index contributed by atoms with van der Waals surface area (Å²) in [4.78, 5) is 33.7. The lowest BCUT2D eigenvalue weighted by molar-refractivity contribution is -0.202. The zero-order chi connectivity index (χ0) is 21.1. The Morgan fingerprint density at radius 3 is 2.87 bits per heavy atom. The second-order valence-electron chi connectivity index (χ2n) is 8.65. The first-order chi connectivity index (χ1) is 14.5. The quantitative estimate of drug-likeness (QED) is 0.808. The fraction of sp³-hybridized carbons (Fsp3) is 0.682. The van der Waals surface area contributed by atoms with Crippen LogP contribution >= 0.6 is 0 Å². The van der Waals surface area contributed by atoms with E-state index in [-0.39, 0.29) is 17.9 Å². The number of hydrogen-bond donors (Lipinski definition) is 1. The summed E-state index contributed by atoms with van der Waals surface area (Å²) in [7, 11) is 2.09. The highest BCUT2D eigenvalue weighted by molar-refractivity contribution is 5.95. The van der Waals surface area contributed by atoms with E-state index in [1.807, 2.05) is 19.1 Å². The summed E-state index contributed by atoms with van der Waals surface area (Å²) in [5.41, 5.74) is 0.902. The zero-order valence-corrected chi connectivity index (χ0v) is 17.9. The SMILES string of the molecule is CCN(C(=O)NCc1cccnc1)C(=O)[C@@H]1C[C@@H]2CC3(CC[C@H]2N(C)C1)OCCO3. The molecule has 2 aliphatic heterocycles. The largest absolute Gasteiger partial charge is 0.348 e. The van der Waals surface area contributed by atoms with E-state index >= 15 is 0 Å². The number of nitrogens with zero attached hydrogens (tertiary/aromatic N) is 3. The van der Waals surface area contributed by atoms with Gasteiger partial charge in [-0.25, -0.2) is 4.79 Å². The molecular weight excluding hydrogens is 384 g/mol. The Balaban J connectivity index is 1.39. The molecule has 8 heteroatoms. The summed E-state index contributed by atoms with van der Waals surface area (Å²) in [6, 6.07) is 3.82. The van der Waals surface area contributed by atoms with Gasteiger partial charge in [0.15, 0.2) is 5.79 Å². The summed E-state index contributed by atoms with van der Waals surface area (Å²) in [5, 5.41) is 2.85. The van der Waals surface area contributed by atoms with Crippen molar-refractivity contribution in [1.29, 1.82) is 0 Å². The maximum Gasteiger partial charge on any atom is 0.324 e. The maximum atomic E-state index is 13.3. The van der Waals surface area contributed by atoms with Crippen LogP contribution in [0.15, 0.2) is 24.5 Å². The highest BCUT2D eigenvalue weighted by atomic mass is 16.7. The second kappa shape index (κ2) is 8.99. The minimum absolute atomic E-state index is 0.0978. The standard InChI is InChI=1S/C22H32N4O4/c1-3-26(21(28)24-14-16-5-4-8-23-13-16)20(27)18-11-17-12-22(29-9-10-30-22)7-6-19(17)25(2)15-18/h4-5,8,13,17-19H,3,6-7,9-12,14-15H2,1-2H3,(H,24,28)/t17-,18-,19-/m1/s1. The molecule has 0 aromatic carbocycles. The van der Waals surface area contributed by atoms with Crippen LogP contribution in [-0.2, 0) is 20.8 Å². The lowest BCUT2D eigenvalue weighted by atomic mass is 9.72. The van der Waals surface area contributed by atoms with Gasteiger partial charge < -0.3 is 19.7 Å². The topological polar surface area (TPSA) is 84.0 Å². The third kappa shape index (κ3) is 4.36. The van der Waals surface area contributed by atoms with Gasteiger partial charge in [0, 0.05) is 50.9 Å². The number of nitrogens with one attached hydrogen (secondary N) is 1. The third-order valence-electron chi connectivity index (χ3n) is 6.76. The number of pyridine rings is 1. The van der Waals surface area contributed by atoms with E-state index in [0.717, 1.165) is 31.2 Å². The van der Waals surface area contributed by atoms with E-state index < -0.39 is 5.79 Å². The van der Waals surface area contributed by atoms with Crippen LogP contribution in [0.2, 0.25) is 0 Å². The molecule has 3 aliphatic rings. The van der Waals surface area contributed by atoms with Crippen molar-refractivity contribution in [3.63, 3.8) is 0 Å². The molecule has 30 heavy (non-hydrogen) atoms. The molecule has 1 N–H and O–H groups in total. The number of rotatable bonds is 4. The highest BCUT2D eigenvalue weighted by Crippen LogP contribution is 2.45. The lowest BCUT2D eigenvalue weighted by Crippen LogP contribution is -2.57. The number of urea groups is 1. The Bertz CT molecular complexity index is 753. The van der Waals surface area contributed by atoms with Crippen molar-refractivity contribution in [2.75, 3.05) is 33.4 Å². The van der Waals surface area contributed by atoms with Crippen LogP contribution in [0.4, 0.5) is 4.79 Å².